The monoisotopic (exact) mass is 336 g/mol. The average Bonchev–Trinajstić information content (AvgIpc) is 2.94. The molecule has 0 radical (unpaired) electrons. The van der Waals surface area contributed by atoms with Crippen molar-refractivity contribution in [1.29, 1.82) is 0 Å². The van der Waals surface area contributed by atoms with Gasteiger partial charge in [0.15, 0.2) is 0 Å². The molecule has 24 heavy (non-hydrogen) atoms. The number of benzene rings is 1. The molecule has 2 amide bonds. The molecule has 2 aliphatic heterocycles. The van der Waals surface area contributed by atoms with E-state index in [0.29, 0.717) is 24.5 Å². The number of anilines is 1. The lowest BCUT2D eigenvalue weighted by atomic mass is 9.91. The maximum atomic E-state index is 14.5. The van der Waals surface area contributed by atoms with E-state index in [1.54, 1.807) is 12.1 Å². The molecule has 0 bridgehead atoms. The summed E-state index contributed by atoms with van der Waals surface area (Å²) in [5.41, 5.74) is 1.14. The lowest BCUT2D eigenvalue weighted by molar-refractivity contribution is -0.119. The Hall–Kier alpha value is -2.15. The summed E-state index contributed by atoms with van der Waals surface area (Å²) < 4.78 is 25.0. The van der Waals surface area contributed by atoms with Crippen LogP contribution in [0, 0.1) is 5.82 Å². The average molecular weight is 336 g/mol. The number of carbonyl (C=O) groups is 2. The van der Waals surface area contributed by atoms with Crippen molar-refractivity contribution in [2.24, 2.45) is 0 Å². The Labute approximate surface area is 139 Å². The SMILES string of the molecule is CC(=O)NC[C@H]1CN(c2ccc(C3CCOCC3)c(F)c2)C(=O)O1. The van der Waals surface area contributed by atoms with Gasteiger partial charge in [-0.15, -0.1) is 0 Å². The fourth-order valence-electron chi connectivity index (χ4n) is 3.12. The Kier molecular flexibility index (Phi) is 4.99. The molecule has 2 saturated heterocycles. The summed E-state index contributed by atoms with van der Waals surface area (Å²) in [6.07, 6.45) is 0.657. The Morgan fingerprint density at radius 3 is 2.79 bits per heavy atom. The molecule has 130 valence electrons. The van der Waals surface area contributed by atoms with Crippen LogP contribution in [0.25, 0.3) is 0 Å². The number of hydrogen-bond donors (Lipinski definition) is 1. The van der Waals surface area contributed by atoms with Crippen molar-refractivity contribution < 1.29 is 23.5 Å². The second-order valence-corrected chi connectivity index (χ2v) is 6.15. The molecule has 0 unspecified atom stereocenters. The molecule has 6 nitrogen and oxygen atoms in total. The van der Waals surface area contributed by atoms with Gasteiger partial charge in [-0.2, -0.15) is 0 Å². The van der Waals surface area contributed by atoms with Crippen molar-refractivity contribution in [2.45, 2.75) is 31.8 Å². The molecule has 2 fully saturated rings. The van der Waals surface area contributed by atoms with Gasteiger partial charge in [0, 0.05) is 20.1 Å². The second kappa shape index (κ2) is 7.17. The Bertz CT molecular complexity index is 631. The summed E-state index contributed by atoms with van der Waals surface area (Å²) in [7, 11) is 0. The minimum atomic E-state index is -0.524. The van der Waals surface area contributed by atoms with E-state index in [4.69, 9.17) is 9.47 Å². The van der Waals surface area contributed by atoms with Crippen LogP contribution >= 0.6 is 0 Å². The molecule has 0 saturated carbocycles. The third-order valence-corrected chi connectivity index (χ3v) is 4.41. The predicted molar refractivity (Wildman–Crippen MR) is 85.5 cm³/mol. The van der Waals surface area contributed by atoms with E-state index in [9.17, 15) is 14.0 Å². The van der Waals surface area contributed by atoms with E-state index in [1.165, 1.54) is 17.9 Å². The summed E-state index contributed by atoms with van der Waals surface area (Å²) in [5, 5.41) is 2.61. The third-order valence-electron chi connectivity index (χ3n) is 4.41. The third kappa shape index (κ3) is 3.67. The van der Waals surface area contributed by atoms with E-state index >= 15 is 0 Å². The minimum Gasteiger partial charge on any atom is -0.442 e. The fourth-order valence-corrected chi connectivity index (χ4v) is 3.12. The van der Waals surface area contributed by atoms with Crippen LogP contribution in [0.3, 0.4) is 0 Å². The van der Waals surface area contributed by atoms with Gasteiger partial charge < -0.3 is 14.8 Å². The number of nitrogens with zero attached hydrogens (tertiary/aromatic N) is 1. The quantitative estimate of drug-likeness (QED) is 0.915. The molecule has 1 aromatic rings. The number of halogens is 1. The van der Waals surface area contributed by atoms with Crippen LogP contribution in [0.2, 0.25) is 0 Å². The Morgan fingerprint density at radius 2 is 2.12 bits per heavy atom. The summed E-state index contributed by atoms with van der Waals surface area (Å²) in [6.45, 7) is 3.23. The van der Waals surface area contributed by atoms with Gasteiger partial charge in [-0.05, 0) is 36.5 Å². The normalized spacial score (nSPS) is 21.7. The minimum absolute atomic E-state index is 0.158. The molecule has 0 aromatic heterocycles. The van der Waals surface area contributed by atoms with Crippen LogP contribution in [0.15, 0.2) is 18.2 Å². The molecule has 0 spiro atoms. The van der Waals surface area contributed by atoms with Gasteiger partial charge in [-0.3, -0.25) is 9.69 Å². The van der Waals surface area contributed by atoms with Crippen LogP contribution < -0.4 is 10.2 Å². The molecular formula is C17H21FN2O4. The number of amides is 2. The van der Waals surface area contributed by atoms with Gasteiger partial charge in [0.25, 0.3) is 0 Å². The number of cyclic esters (lactones) is 1. The van der Waals surface area contributed by atoms with E-state index in [2.05, 4.69) is 5.32 Å². The van der Waals surface area contributed by atoms with Gasteiger partial charge in [0.2, 0.25) is 5.91 Å². The number of carbonyl (C=O) groups excluding carboxylic acids is 2. The van der Waals surface area contributed by atoms with E-state index in [1.807, 2.05) is 0 Å². The van der Waals surface area contributed by atoms with Crippen molar-refractivity contribution in [3.8, 4) is 0 Å². The number of nitrogens with one attached hydrogen (secondary N) is 1. The van der Waals surface area contributed by atoms with E-state index < -0.39 is 12.2 Å². The van der Waals surface area contributed by atoms with Gasteiger partial charge in [-0.25, -0.2) is 9.18 Å². The first-order chi connectivity index (χ1) is 11.5. The Morgan fingerprint density at radius 1 is 1.38 bits per heavy atom. The maximum Gasteiger partial charge on any atom is 0.414 e. The summed E-state index contributed by atoms with van der Waals surface area (Å²) in [4.78, 5) is 24.3. The number of ether oxygens (including phenoxy) is 2. The van der Waals surface area contributed by atoms with Gasteiger partial charge >= 0.3 is 6.09 Å². The topological polar surface area (TPSA) is 67.9 Å². The standard InChI is InChI=1S/C17H21FN2O4/c1-11(21)19-9-14-10-20(17(22)24-14)13-2-3-15(16(18)8-13)12-4-6-23-7-5-12/h2-3,8,12,14H,4-7,9-10H2,1H3,(H,19,21)/t14-/m0/s1. The molecule has 0 aliphatic carbocycles. The highest BCUT2D eigenvalue weighted by atomic mass is 19.1. The van der Waals surface area contributed by atoms with Crippen molar-refractivity contribution in [3.63, 3.8) is 0 Å². The molecule has 1 N–H and O–H groups in total. The van der Waals surface area contributed by atoms with Gasteiger partial charge in [0.05, 0.1) is 18.8 Å². The van der Waals surface area contributed by atoms with Crippen molar-refractivity contribution >= 4 is 17.7 Å². The molecule has 2 aliphatic rings. The summed E-state index contributed by atoms with van der Waals surface area (Å²) >= 11 is 0. The first kappa shape index (κ1) is 16.7. The molecule has 3 rings (SSSR count). The predicted octanol–water partition coefficient (Wildman–Crippen LogP) is 2.18. The van der Waals surface area contributed by atoms with Gasteiger partial charge in [-0.1, -0.05) is 6.07 Å². The number of hydrogen-bond acceptors (Lipinski definition) is 4. The highest BCUT2D eigenvalue weighted by Gasteiger charge is 2.33. The van der Waals surface area contributed by atoms with Crippen LogP contribution in [-0.4, -0.2) is 44.4 Å². The summed E-state index contributed by atoms with van der Waals surface area (Å²) in [5.74, 6) is -0.334. The molecule has 1 atom stereocenters. The molecule has 2 heterocycles. The second-order valence-electron chi connectivity index (χ2n) is 6.15. The lowest BCUT2D eigenvalue weighted by Gasteiger charge is -2.23. The highest BCUT2D eigenvalue weighted by molar-refractivity contribution is 5.89. The fraction of sp³-hybridized carbons (Fsp3) is 0.529. The van der Waals surface area contributed by atoms with Gasteiger partial charge in [0.1, 0.15) is 11.9 Å². The van der Waals surface area contributed by atoms with Crippen LogP contribution in [0.4, 0.5) is 14.9 Å². The Balaban J connectivity index is 1.69. The lowest BCUT2D eigenvalue weighted by Crippen LogP contribution is -2.33. The van der Waals surface area contributed by atoms with E-state index in [0.717, 1.165) is 12.8 Å². The van der Waals surface area contributed by atoms with Crippen molar-refractivity contribution in [1.82, 2.24) is 5.32 Å². The first-order valence-corrected chi connectivity index (χ1v) is 8.14. The van der Waals surface area contributed by atoms with Crippen molar-refractivity contribution in [3.05, 3.63) is 29.6 Å². The van der Waals surface area contributed by atoms with Crippen LogP contribution in [-0.2, 0) is 14.3 Å². The first-order valence-electron chi connectivity index (χ1n) is 8.14. The molecular weight excluding hydrogens is 315 g/mol. The zero-order valence-corrected chi connectivity index (χ0v) is 13.6. The smallest absolute Gasteiger partial charge is 0.414 e. The zero-order valence-electron chi connectivity index (χ0n) is 13.6. The van der Waals surface area contributed by atoms with Crippen LogP contribution in [0.1, 0.15) is 31.2 Å². The summed E-state index contributed by atoms with van der Waals surface area (Å²) in [6, 6.07) is 4.87. The van der Waals surface area contributed by atoms with Crippen LogP contribution in [0.5, 0.6) is 0 Å². The number of rotatable bonds is 4. The molecule has 7 heteroatoms. The largest absolute Gasteiger partial charge is 0.442 e. The molecule has 1 aromatic carbocycles. The highest BCUT2D eigenvalue weighted by Crippen LogP contribution is 2.32. The maximum absolute atomic E-state index is 14.5. The van der Waals surface area contributed by atoms with Crippen molar-refractivity contribution in [2.75, 3.05) is 31.2 Å². The zero-order chi connectivity index (χ0) is 17.1. The van der Waals surface area contributed by atoms with E-state index in [-0.39, 0.29) is 30.7 Å².